The van der Waals surface area contributed by atoms with Crippen molar-refractivity contribution in [1.82, 2.24) is 15.2 Å². The molecule has 20 heavy (non-hydrogen) atoms. The van der Waals surface area contributed by atoms with Gasteiger partial charge in [0.2, 0.25) is 5.91 Å². The van der Waals surface area contributed by atoms with Gasteiger partial charge in [0.05, 0.1) is 12.8 Å². The first-order valence-electron chi connectivity index (χ1n) is 6.57. The number of carbonyl (C=O) groups is 2. The van der Waals surface area contributed by atoms with Gasteiger partial charge in [-0.25, -0.2) is 5.84 Å². The molecule has 0 saturated heterocycles. The molecule has 1 rings (SSSR count). The number of nitrogens with two attached hydrogens (primary N) is 1. The van der Waals surface area contributed by atoms with E-state index in [0.717, 1.165) is 0 Å². The van der Waals surface area contributed by atoms with Crippen LogP contribution in [0.3, 0.4) is 0 Å². The minimum atomic E-state index is -0.478. The van der Waals surface area contributed by atoms with Crippen LogP contribution in [0.2, 0.25) is 0 Å². The highest BCUT2D eigenvalue weighted by Gasteiger charge is 2.18. The zero-order chi connectivity index (χ0) is 15.1. The minimum absolute atomic E-state index is 0.0609. The molecule has 0 bridgehead atoms. The molecule has 3 N–H and O–H groups in total. The van der Waals surface area contributed by atoms with Gasteiger partial charge in [-0.1, -0.05) is 0 Å². The van der Waals surface area contributed by atoms with Crippen molar-refractivity contribution in [3.05, 3.63) is 23.7 Å². The number of nitrogens with one attached hydrogen (secondary N) is 1. The van der Waals surface area contributed by atoms with E-state index in [1.54, 1.807) is 11.0 Å². The Balaban J connectivity index is 2.63. The first-order valence-corrected chi connectivity index (χ1v) is 6.57. The SMILES string of the molecule is CCN(CC)C(=O)CN(C)Cc1ccoc1C(=O)NN. The highest BCUT2D eigenvalue weighted by Crippen LogP contribution is 2.12. The highest BCUT2D eigenvalue weighted by atomic mass is 16.3. The molecule has 0 atom stereocenters. The fourth-order valence-electron chi connectivity index (χ4n) is 1.98. The molecule has 112 valence electrons. The van der Waals surface area contributed by atoms with E-state index in [2.05, 4.69) is 0 Å². The summed E-state index contributed by atoms with van der Waals surface area (Å²) in [5, 5.41) is 0. The fourth-order valence-corrected chi connectivity index (χ4v) is 1.98. The Bertz CT molecular complexity index is 454. The summed E-state index contributed by atoms with van der Waals surface area (Å²) >= 11 is 0. The Hall–Kier alpha value is -1.86. The van der Waals surface area contributed by atoms with E-state index in [1.165, 1.54) is 6.26 Å². The van der Waals surface area contributed by atoms with Crippen LogP contribution in [0.4, 0.5) is 0 Å². The molecule has 7 heteroatoms. The van der Waals surface area contributed by atoms with Crippen LogP contribution in [0.5, 0.6) is 0 Å². The predicted molar refractivity (Wildman–Crippen MR) is 74.6 cm³/mol. The Morgan fingerprint density at radius 1 is 1.35 bits per heavy atom. The third-order valence-corrected chi connectivity index (χ3v) is 3.05. The molecular formula is C13H22N4O3. The molecule has 0 aliphatic heterocycles. The second-order valence-electron chi connectivity index (χ2n) is 4.49. The normalized spacial score (nSPS) is 10.7. The highest BCUT2D eigenvalue weighted by molar-refractivity contribution is 5.92. The molecule has 0 aliphatic rings. The van der Waals surface area contributed by atoms with Crippen molar-refractivity contribution < 1.29 is 14.0 Å². The maximum absolute atomic E-state index is 12.0. The molecule has 0 saturated carbocycles. The van der Waals surface area contributed by atoms with Crippen molar-refractivity contribution in [3.8, 4) is 0 Å². The van der Waals surface area contributed by atoms with Gasteiger partial charge >= 0.3 is 5.91 Å². The van der Waals surface area contributed by atoms with Crippen molar-refractivity contribution in [3.63, 3.8) is 0 Å². The number of furan rings is 1. The summed E-state index contributed by atoms with van der Waals surface area (Å²) in [6, 6.07) is 1.70. The predicted octanol–water partition coefficient (Wildman–Crippen LogP) is 0.183. The molecule has 0 unspecified atom stereocenters. The Kier molecular flexibility index (Phi) is 6.20. The van der Waals surface area contributed by atoms with Crippen molar-refractivity contribution in [2.24, 2.45) is 5.84 Å². The zero-order valence-electron chi connectivity index (χ0n) is 12.2. The standard InChI is InChI=1S/C13H22N4O3/c1-4-17(5-2)11(18)9-16(3)8-10-6-7-20-12(10)13(19)15-14/h6-7H,4-5,8-9,14H2,1-3H3,(H,15,19). The third-order valence-electron chi connectivity index (χ3n) is 3.05. The third kappa shape index (κ3) is 4.07. The van der Waals surface area contributed by atoms with Crippen LogP contribution < -0.4 is 11.3 Å². The average molecular weight is 282 g/mol. The topological polar surface area (TPSA) is 91.8 Å². The molecular weight excluding hydrogens is 260 g/mol. The summed E-state index contributed by atoms with van der Waals surface area (Å²) in [5.41, 5.74) is 2.73. The van der Waals surface area contributed by atoms with Crippen LogP contribution in [-0.2, 0) is 11.3 Å². The summed E-state index contributed by atoms with van der Waals surface area (Å²) in [6.07, 6.45) is 1.43. The Labute approximate surface area is 118 Å². The van der Waals surface area contributed by atoms with E-state index < -0.39 is 5.91 Å². The van der Waals surface area contributed by atoms with Gasteiger partial charge < -0.3 is 9.32 Å². The van der Waals surface area contributed by atoms with Crippen LogP contribution in [0.25, 0.3) is 0 Å². The zero-order valence-corrected chi connectivity index (χ0v) is 12.2. The quantitative estimate of drug-likeness (QED) is 0.423. The Morgan fingerprint density at radius 2 is 2.00 bits per heavy atom. The summed E-state index contributed by atoms with van der Waals surface area (Å²) in [4.78, 5) is 27.1. The van der Waals surface area contributed by atoms with Crippen molar-refractivity contribution in [1.29, 1.82) is 0 Å². The van der Waals surface area contributed by atoms with Gasteiger partial charge in [-0.15, -0.1) is 0 Å². The van der Waals surface area contributed by atoms with E-state index >= 15 is 0 Å². The van der Waals surface area contributed by atoms with E-state index in [9.17, 15) is 9.59 Å². The monoisotopic (exact) mass is 282 g/mol. The van der Waals surface area contributed by atoms with Crippen LogP contribution >= 0.6 is 0 Å². The van der Waals surface area contributed by atoms with Crippen LogP contribution in [0.1, 0.15) is 30.0 Å². The van der Waals surface area contributed by atoms with Gasteiger partial charge in [0.1, 0.15) is 0 Å². The number of hydrogen-bond acceptors (Lipinski definition) is 5. The van der Waals surface area contributed by atoms with Gasteiger partial charge in [-0.05, 0) is 27.0 Å². The van der Waals surface area contributed by atoms with E-state index in [-0.39, 0.29) is 18.2 Å². The van der Waals surface area contributed by atoms with E-state index in [4.69, 9.17) is 10.3 Å². The van der Waals surface area contributed by atoms with Gasteiger partial charge in [0.15, 0.2) is 5.76 Å². The minimum Gasteiger partial charge on any atom is -0.459 e. The molecule has 1 aromatic rings. The van der Waals surface area contributed by atoms with E-state index in [1.807, 2.05) is 31.2 Å². The number of rotatable bonds is 7. The molecule has 0 radical (unpaired) electrons. The van der Waals surface area contributed by atoms with Crippen molar-refractivity contribution in [2.75, 3.05) is 26.7 Å². The first-order chi connectivity index (χ1) is 9.53. The average Bonchev–Trinajstić information content (AvgIpc) is 2.87. The maximum atomic E-state index is 12.0. The Morgan fingerprint density at radius 3 is 2.55 bits per heavy atom. The molecule has 0 aromatic carbocycles. The number of hydrogen-bond donors (Lipinski definition) is 2. The summed E-state index contributed by atoms with van der Waals surface area (Å²) in [7, 11) is 1.82. The number of carbonyl (C=O) groups excluding carboxylic acids is 2. The molecule has 1 heterocycles. The number of likely N-dealkylation sites (N-methyl/N-ethyl adjacent to an activating group) is 2. The smallest absolute Gasteiger partial charge is 0.301 e. The molecule has 0 spiro atoms. The van der Waals surface area contributed by atoms with Crippen molar-refractivity contribution >= 4 is 11.8 Å². The number of nitrogen functional groups attached to an aromatic ring is 1. The molecule has 0 fully saturated rings. The van der Waals surface area contributed by atoms with Crippen LogP contribution in [0.15, 0.2) is 16.7 Å². The maximum Gasteiger partial charge on any atom is 0.301 e. The van der Waals surface area contributed by atoms with Crippen molar-refractivity contribution in [2.45, 2.75) is 20.4 Å². The molecule has 0 aliphatic carbocycles. The van der Waals surface area contributed by atoms with Crippen LogP contribution in [-0.4, -0.2) is 48.3 Å². The second-order valence-corrected chi connectivity index (χ2v) is 4.49. The lowest BCUT2D eigenvalue weighted by atomic mass is 10.2. The number of amides is 2. The molecule has 7 nitrogen and oxygen atoms in total. The largest absolute Gasteiger partial charge is 0.459 e. The lowest BCUT2D eigenvalue weighted by Crippen LogP contribution is -2.38. The van der Waals surface area contributed by atoms with Gasteiger partial charge in [0, 0.05) is 25.2 Å². The first kappa shape index (κ1) is 16.2. The second kappa shape index (κ2) is 7.66. The van der Waals surface area contributed by atoms with Gasteiger partial charge in [0.25, 0.3) is 0 Å². The van der Waals surface area contributed by atoms with Gasteiger partial charge in [-0.3, -0.25) is 19.9 Å². The summed E-state index contributed by atoms with van der Waals surface area (Å²) in [5.74, 6) is 4.84. The van der Waals surface area contributed by atoms with Crippen LogP contribution in [0, 0.1) is 0 Å². The lowest BCUT2D eigenvalue weighted by Gasteiger charge is -2.22. The number of nitrogens with zero attached hydrogens (tertiary/aromatic N) is 2. The number of hydrazine groups is 1. The summed E-state index contributed by atoms with van der Waals surface area (Å²) in [6.45, 7) is 6.00. The molecule has 2 amide bonds. The molecule has 1 aromatic heterocycles. The fraction of sp³-hybridized carbons (Fsp3) is 0.538. The summed E-state index contributed by atoms with van der Waals surface area (Å²) < 4.78 is 5.10. The lowest BCUT2D eigenvalue weighted by molar-refractivity contribution is -0.131. The van der Waals surface area contributed by atoms with Gasteiger partial charge in [-0.2, -0.15) is 0 Å². The van der Waals surface area contributed by atoms with E-state index in [0.29, 0.717) is 25.2 Å².